The van der Waals surface area contributed by atoms with Crippen molar-refractivity contribution in [3.8, 4) is 0 Å². The lowest BCUT2D eigenvalue weighted by Crippen LogP contribution is -2.64. The SMILES string of the molecule is C[C@@]1(C(=O)NC2CCCC2)Cn2c(cc3ccccc32)C(=O)N1Cc1ccc(F)cc1. The van der Waals surface area contributed by atoms with Crippen LogP contribution < -0.4 is 5.32 Å². The van der Waals surface area contributed by atoms with Crippen LogP contribution in [-0.4, -0.2) is 32.9 Å². The second-order valence-corrected chi connectivity index (χ2v) is 8.92. The van der Waals surface area contributed by atoms with E-state index < -0.39 is 5.54 Å². The molecule has 1 saturated carbocycles. The molecule has 2 amide bonds. The smallest absolute Gasteiger partial charge is 0.271 e. The number of halogens is 1. The molecule has 6 heteroatoms. The van der Waals surface area contributed by atoms with Gasteiger partial charge < -0.3 is 14.8 Å². The van der Waals surface area contributed by atoms with Crippen molar-refractivity contribution in [3.05, 3.63) is 71.7 Å². The second-order valence-electron chi connectivity index (χ2n) is 8.92. The monoisotopic (exact) mass is 419 g/mol. The molecule has 3 aromatic rings. The summed E-state index contributed by atoms with van der Waals surface area (Å²) in [5.41, 5.74) is 1.27. The number of carbonyl (C=O) groups is 2. The van der Waals surface area contributed by atoms with E-state index in [0.29, 0.717) is 12.2 Å². The van der Waals surface area contributed by atoms with Gasteiger partial charge in [0.15, 0.2) is 0 Å². The highest BCUT2D eigenvalue weighted by molar-refractivity contribution is 6.03. The molecule has 2 aromatic carbocycles. The number of carbonyl (C=O) groups excluding carboxylic acids is 2. The Balaban J connectivity index is 1.56. The summed E-state index contributed by atoms with van der Waals surface area (Å²) in [6, 6.07) is 16.0. The zero-order valence-electron chi connectivity index (χ0n) is 17.6. The first-order valence-corrected chi connectivity index (χ1v) is 10.9. The largest absolute Gasteiger partial charge is 0.351 e. The number of benzene rings is 2. The Morgan fingerprint density at radius 2 is 1.84 bits per heavy atom. The zero-order chi connectivity index (χ0) is 21.6. The predicted molar refractivity (Wildman–Crippen MR) is 117 cm³/mol. The van der Waals surface area contributed by atoms with Crippen molar-refractivity contribution in [2.24, 2.45) is 0 Å². The number of hydrogen-bond acceptors (Lipinski definition) is 2. The standard InChI is InChI=1S/C25H26FN3O2/c1-25(24(31)27-20-7-3-4-8-20)16-28-21-9-5-2-6-18(21)14-22(28)23(30)29(25)15-17-10-12-19(26)13-11-17/h2,5-6,9-14,20H,3-4,7-8,15-16H2,1H3,(H,27,31)/t25-/m0/s1. The number of nitrogens with one attached hydrogen (secondary N) is 1. The van der Waals surface area contributed by atoms with Gasteiger partial charge >= 0.3 is 0 Å². The zero-order valence-corrected chi connectivity index (χ0v) is 17.6. The Bertz CT molecular complexity index is 1150. The van der Waals surface area contributed by atoms with Gasteiger partial charge in [-0.05, 0) is 49.6 Å². The van der Waals surface area contributed by atoms with Crippen molar-refractivity contribution in [2.45, 2.75) is 57.3 Å². The summed E-state index contributed by atoms with van der Waals surface area (Å²) in [4.78, 5) is 28.9. The maximum Gasteiger partial charge on any atom is 0.271 e. The van der Waals surface area contributed by atoms with E-state index in [1.807, 2.05) is 41.8 Å². The average Bonchev–Trinajstić information content (AvgIpc) is 3.40. The van der Waals surface area contributed by atoms with E-state index in [0.717, 1.165) is 42.1 Å². The van der Waals surface area contributed by atoms with Crippen LogP contribution in [0.15, 0.2) is 54.6 Å². The van der Waals surface area contributed by atoms with Crippen LogP contribution >= 0.6 is 0 Å². The molecule has 0 spiro atoms. The van der Waals surface area contributed by atoms with Gasteiger partial charge in [-0.1, -0.05) is 43.2 Å². The van der Waals surface area contributed by atoms with Gasteiger partial charge in [0.25, 0.3) is 5.91 Å². The molecule has 0 saturated heterocycles. The fourth-order valence-corrected chi connectivity index (χ4v) is 4.94. The maximum absolute atomic E-state index is 13.7. The minimum atomic E-state index is -1.05. The first-order chi connectivity index (χ1) is 15.0. The van der Waals surface area contributed by atoms with E-state index in [1.165, 1.54) is 12.1 Å². The number of rotatable bonds is 4. The predicted octanol–water partition coefficient (Wildman–Crippen LogP) is 4.25. The molecule has 2 aliphatic rings. The Morgan fingerprint density at radius 1 is 1.13 bits per heavy atom. The summed E-state index contributed by atoms with van der Waals surface area (Å²) in [6.45, 7) is 2.47. The summed E-state index contributed by atoms with van der Waals surface area (Å²) < 4.78 is 15.4. The van der Waals surface area contributed by atoms with E-state index in [9.17, 15) is 14.0 Å². The average molecular weight is 420 g/mol. The highest BCUT2D eigenvalue weighted by atomic mass is 19.1. The number of fused-ring (bicyclic) bond motifs is 3. The number of para-hydroxylation sites is 1. The Labute approximate surface area is 180 Å². The molecule has 31 heavy (non-hydrogen) atoms. The van der Waals surface area contributed by atoms with Crippen LogP contribution in [0.4, 0.5) is 4.39 Å². The van der Waals surface area contributed by atoms with Crippen molar-refractivity contribution in [1.29, 1.82) is 0 Å². The van der Waals surface area contributed by atoms with Crippen LogP contribution in [0.5, 0.6) is 0 Å². The molecule has 1 fully saturated rings. The fraction of sp³-hybridized carbons (Fsp3) is 0.360. The molecular weight excluding hydrogens is 393 g/mol. The second kappa shape index (κ2) is 7.52. The van der Waals surface area contributed by atoms with Gasteiger partial charge in [0.2, 0.25) is 5.91 Å². The molecule has 1 atom stereocenters. The van der Waals surface area contributed by atoms with E-state index in [4.69, 9.17) is 0 Å². The molecule has 1 aromatic heterocycles. The normalized spacial score (nSPS) is 21.5. The van der Waals surface area contributed by atoms with Crippen LogP contribution in [0.25, 0.3) is 10.9 Å². The van der Waals surface area contributed by atoms with Gasteiger partial charge in [-0.15, -0.1) is 0 Å². The summed E-state index contributed by atoms with van der Waals surface area (Å²) in [5.74, 6) is -0.635. The van der Waals surface area contributed by atoms with Gasteiger partial charge in [-0.3, -0.25) is 9.59 Å². The van der Waals surface area contributed by atoms with Crippen LogP contribution in [0.2, 0.25) is 0 Å². The Hall–Kier alpha value is -3.15. The van der Waals surface area contributed by atoms with Crippen molar-refractivity contribution in [3.63, 3.8) is 0 Å². The van der Waals surface area contributed by atoms with E-state index in [-0.39, 0.29) is 30.2 Å². The summed E-state index contributed by atoms with van der Waals surface area (Å²) in [7, 11) is 0. The van der Waals surface area contributed by atoms with Crippen molar-refractivity contribution in [2.75, 3.05) is 0 Å². The number of aromatic nitrogens is 1. The first kappa shape index (κ1) is 19.8. The van der Waals surface area contributed by atoms with Gasteiger partial charge in [0, 0.05) is 23.5 Å². The molecule has 2 heterocycles. The summed E-state index contributed by atoms with van der Waals surface area (Å²) >= 11 is 0. The van der Waals surface area contributed by atoms with E-state index >= 15 is 0 Å². The van der Waals surface area contributed by atoms with Gasteiger partial charge in [0.1, 0.15) is 17.1 Å². The molecule has 0 bridgehead atoms. The molecular formula is C25H26FN3O2. The first-order valence-electron chi connectivity index (χ1n) is 10.9. The molecule has 1 aliphatic carbocycles. The van der Waals surface area contributed by atoms with Gasteiger partial charge in [0.05, 0.1) is 6.54 Å². The quantitative estimate of drug-likeness (QED) is 0.687. The lowest BCUT2D eigenvalue weighted by Gasteiger charge is -2.44. The molecule has 0 unspecified atom stereocenters. The lowest BCUT2D eigenvalue weighted by atomic mass is 9.93. The number of hydrogen-bond donors (Lipinski definition) is 1. The third-order valence-corrected chi connectivity index (χ3v) is 6.77. The van der Waals surface area contributed by atoms with Crippen LogP contribution in [0.1, 0.15) is 48.7 Å². The van der Waals surface area contributed by atoms with Gasteiger partial charge in [-0.25, -0.2) is 4.39 Å². The van der Waals surface area contributed by atoms with E-state index in [1.54, 1.807) is 17.0 Å². The third kappa shape index (κ3) is 3.40. The molecule has 5 nitrogen and oxygen atoms in total. The highest BCUT2D eigenvalue weighted by Crippen LogP contribution is 2.34. The molecule has 1 N–H and O–H groups in total. The van der Waals surface area contributed by atoms with Crippen LogP contribution in [-0.2, 0) is 17.9 Å². The lowest BCUT2D eigenvalue weighted by molar-refractivity contribution is -0.133. The Kier molecular flexibility index (Phi) is 4.80. The van der Waals surface area contributed by atoms with Crippen LogP contribution in [0.3, 0.4) is 0 Å². The van der Waals surface area contributed by atoms with Crippen molar-refractivity contribution >= 4 is 22.7 Å². The van der Waals surface area contributed by atoms with Gasteiger partial charge in [-0.2, -0.15) is 0 Å². The molecule has 1 aliphatic heterocycles. The maximum atomic E-state index is 13.7. The van der Waals surface area contributed by atoms with Crippen molar-refractivity contribution < 1.29 is 14.0 Å². The number of amides is 2. The minimum absolute atomic E-state index is 0.127. The van der Waals surface area contributed by atoms with Crippen LogP contribution in [0, 0.1) is 5.82 Å². The molecule has 0 radical (unpaired) electrons. The fourth-order valence-electron chi connectivity index (χ4n) is 4.94. The topological polar surface area (TPSA) is 54.3 Å². The Morgan fingerprint density at radius 3 is 2.58 bits per heavy atom. The minimum Gasteiger partial charge on any atom is -0.351 e. The summed E-state index contributed by atoms with van der Waals surface area (Å²) in [6.07, 6.45) is 4.19. The molecule has 5 rings (SSSR count). The third-order valence-electron chi connectivity index (χ3n) is 6.77. The van der Waals surface area contributed by atoms with E-state index in [2.05, 4.69) is 5.32 Å². The molecule has 160 valence electrons. The summed E-state index contributed by atoms with van der Waals surface area (Å²) in [5, 5.41) is 4.18. The number of nitrogens with zero attached hydrogens (tertiary/aromatic N) is 2. The highest BCUT2D eigenvalue weighted by Gasteiger charge is 2.48. The van der Waals surface area contributed by atoms with Crippen molar-refractivity contribution in [1.82, 2.24) is 14.8 Å².